The summed E-state index contributed by atoms with van der Waals surface area (Å²) < 4.78 is 5.74. The van der Waals surface area contributed by atoms with Crippen LogP contribution in [0.25, 0.3) is 5.76 Å². The highest BCUT2D eigenvalue weighted by atomic mass is 16.5. The Kier molecular flexibility index (Phi) is 8.61. The molecule has 0 aliphatic heterocycles. The standard InChI is InChI=1S/C27H26N2O6/c28-26(33)24(31)17-23(30)21-10-6-11-22(25(21)32)29-27(34)19-12-14-20(15-13-19)35-16-5-4-9-18-7-2-1-3-8-18/h1-3,6-8,10-15,17,30,32H,4-5,9,16H2,(H2,28,33)(H,29,34)/b23-17+. The van der Waals surface area contributed by atoms with Crippen LogP contribution in [0, 0.1) is 0 Å². The number of hydrogen-bond donors (Lipinski definition) is 4. The number of ether oxygens (including phenoxy) is 1. The number of nitrogens with one attached hydrogen (secondary N) is 1. The fourth-order valence-electron chi connectivity index (χ4n) is 3.29. The molecule has 0 saturated carbocycles. The molecule has 0 aromatic heterocycles. The van der Waals surface area contributed by atoms with Gasteiger partial charge in [0.2, 0.25) is 5.78 Å². The molecule has 2 amide bonds. The number of benzene rings is 3. The zero-order valence-corrected chi connectivity index (χ0v) is 18.9. The van der Waals surface area contributed by atoms with E-state index >= 15 is 0 Å². The molecule has 0 radical (unpaired) electrons. The number of phenolic OH excluding ortho intramolecular Hbond substituents is 1. The molecule has 3 aromatic carbocycles. The molecule has 3 aromatic rings. The molecule has 180 valence electrons. The number of anilines is 1. The van der Waals surface area contributed by atoms with Crippen molar-refractivity contribution in [1.82, 2.24) is 0 Å². The van der Waals surface area contributed by atoms with Gasteiger partial charge in [-0.05, 0) is 61.2 Å². The van der Waals surface area contributed by atoms with Crippen molar-refractivity contribution in [3.8, 4) is 11.5 Å². The highest BCUT2D eigenvalue weighted by molar-refractivity contribution is 6.41. The van der Waals surface area contributed by atoms with Gasteiger partial charge in [0, 0.05) is 11.6 Å². The number of unbranched alkanes of at least 4 members (excludes halogenated alkanes) is 1. The Labute approximate surface area is 202 Å². The third kappa shape index (κ3) is 7.20. The van der Waals surface area contributed by atoms with Gasteiger partial charge in [-0.25, -0.2) is 0 Å². The normalized spacial score (nSPS) is 11.0. The number of aliphatic hydroxyl groups excluding tert-OH is 1. The number of ketones is 1. The first-order chi connectivity index (χ1) is 16.8. The minimum Gasteiger partial charge on any atom is -0.507 e. The van der Waals surface area contributed by atoms with Gasteiger partial charge in [0.1, 0.15) is 17.3 Å². The van der Waals surface area contributed by atoms with E-state index in [4.69, 9.17) is 10.5 Å². The number of primary amides is 1. The molecule has 0 aliphatic carbocycles. The molecule has 0 fully saturated rings. The Morgan fingerprint density at radius 2 is 1.63 bits per heavy atom. The average molecular weight is 475 g/mol. The summed E-state index contributed by atoms with van der Waals surface area (Å²) in [6, 6.07) is 21.0. The molecule has 5 N–H and O–H groups in total. The van der Waals surface area contributed by atoms with Crippen molar-refractivity contribution in [3.63, 3.8) is 0 Å². The lowest BCUT2D eigenvalue weighted by Crippen LogP contribution is -2.21. The lowest BCUT2D eigenvalue weighted by molar-refractivity contribution is -0.133. The van der Waals surface area contributed by atoms with E-state index < -0.39 is 29.1 Å². The molecule has 0 unspecified atom stereocenters. The molecular weight excluding hydrogens is 448 g/mol. The number of hydrogen-bond acceptors (Lipinski definition) is 6. The van der Waals surface area contributed by atoms with Crippen molar-refractivity contribution >= 4 is 29.0 Å². The van der Waals surface area contributed by atoms with Crippen LogP contribution in [-0.2, 0) is 16.0 Å². The summed E-state index contributed by atoms with van der Waals surface area (Å²) in [5.74, 6) is -3.37. The number of aliphatic hydroxyl groups is 1. The number of aryl methyl sites for hydroxylation is 1. The quantitative estimate of drug-likeness (QED) is 0.109. The van der Waals surface area contributed by atoms with E-state index in [0.717, 1.165) is 19.3 Å². The van der Waals surface area contributed by atoms with Gasteiger partial charge in [0.15, 0.2) is 0 Å². The molecule has 0 bridgehead atoms. The molecule has 0 heterocycles. The zero-order valence-electron chi connectivity index (χ0n) is 18.9. The number of phenols is 1. The van der Waals surface area contributed by atoms with Crippen molar-refractivity contribution in [2.24, 2.45) is 5.73 Å². The van der Waals surface area contributed by atoms with E-state index in [1.807, 2.05) is 18.2 Å². The third-order valence-electron chi connectivity index (χ3n) is 5.16. The van der Waals surface area contributed by atoms with Crippen molar-refractivity contribution in [3.05, 3.63) is 95.6 Å². The van der Waals surface area contributed by atoms with Gasteiger partial charge < -0.3 is 26.0 Å². The van der Waals surface area contributed by atoms with Crippen LogP contribution in [0.15, 0.2) is 78.9 Å². The maximum atomic E-state index is 12.6. The predicted molar refractivity (Wildman–Crippen MR) is 132 cm³/mol. The maximum absolute atomic E-state index is 12.6. The van der Waals surface area contributed by atoms with Crippen LogP contribution in [0.4, 0.5) is 5.69 Å². The van der Waals surface area contributed by atoms with Crippen LogP contribution >= 0.6 is 0 Å². The summed E-state index contributed by atoms with van der Waals surface area (Å²) in [5.41, 5.74) is 6.35. The van der Waals surface area contributed by atoms with Gasteiger partial charge in [-0.2, -0.15) is 0 Å². The van der Waals surface area contributed by atoms with Crippen molar-refractivity contribution in [2.45, 2.75) is 19.3 Å². The van der Waals surface area contributed by atoms with Gasteiger partial charge in [0.05, 0.1) is 17.9 Å². The summed E-state index contributed by atoms with van der Waals surface area (Å²) in [5, 5.41) is 23.0. The number of carbonyl (C=O) groups excluding carboxylic acids is 3. The average Bonchev–Trinajstić information content (AvgIpc) is 2.86. The van der Waals surface area contributed by atoms with Gasteiger partial charge in [-0.3, -0.25) is 14.4 Å². The Balaban J connectivity index is 1.54. The lowest BCUT2D eigenvalue weighted by atomic mass is 10.1. The number of rotatable bonds is 11. The van der Waals surface area contributed by atoms with Crippen molar-refractivity contribution in [2.75, 3.05) is 11.9 Å². The number of carbonyl (C=O) groups is 3. The van der Waals surface area contributed by atoms with Gasteiger partial charge in [0.25, 0.3) is 11.8 Å². The smallest absolute Gasteiger partial charge is 0.289 e. The topological polar surface area (TPSA) is 139 Å². The number of aromatic hydroxyl groups is 1. The highest BCUT2D eigenvalue weighted by Crippen LogP contribution is 2.32. The minimum atomic E-state index is -1.25. The van der Waals surface area contributed by atoms with Crippen LogP contribution < -0.4 is 15.8 Å². The van der Waals surface area contributed by atoms with Crippen molar-refractivity contribution in [1.29, 1.82) is 0 Å². The lowest BCUT2D eigenvalue weighted by Gasteiger charge is -2.11. The highest BCUT2D eigenvalue weighted by Gasteiger charge is 2.16. The minimum absolute atomic E-state index is 0.0118. The van der Waals surface area contributed by atoms with Crippen LogP contribution in [0.5, 0.6) is 11.5 Å². The van der Waals surface area contributed by atoms with E-state index in [-0.39, 0.29) is 11.3 Å². The molecule has 8 nitrogen and oxygen atoms in total. The molecule has 8 heteroatoms. The number of para-hydroxylation sites is 1. The molecule has 3 rings (SSSR count). The van der Waals surface area contributed by atoms with Crippen molar-refractivity contribution < 1.29 is 29.3 Å². The van der Waals surface area contributed by atoms with E-state index in [0.29, 0.717) is 24.0 Å². The van der Waals surface area contributed by atoms with Crippen LogP contribution in [0.3, 0.4) is 0 Å². The molecular formula is C27H26N2O6. The summed E-state index contributed by atoms with van der Waals surface area (Å²) in [4.78, 5) is 34.9. The van der Waals surface area contributed by atoms with Gasteiger partial charge in [-0.1, -0.05) is 36.4 Å². The second kappa shape index (κ2) is 12.0. The van der Waals surface area contributed by atoms with Crippen LogP contribution in [-0.4, -0.2) is 34.4 Å². The predicted octanol–water partition coefficient (Wildman–Crippen LogP) is 4.00. The second-order valence-electron chi connectivity index (χ2n) is 7.73. The SMILES string of the molecule is NC(=O)C(=O)/C=C(/O)c1cccc(NC(=O)c2ccc(OCCCCc3ccccc3)cc2)c1O. The fourth-order valence-corrected chi connectivity index (χ4v) is 3.29. The molecule has 0 atom stereocenters. The van der Waals surface area contributed by atoms with Gasteiger partial charge >= 0.3 is 0 Å². The Morgan fingerprint density at radius 3 is 2.31 bits per heavy atom. The number of amides is 2. The summed E-state index contributed by atoms with van der Waals surface area (Å²) >= 11 is 0. The summed E-state index contributed by atoms with van der Waals surface area (Å²) in [6.07, 6.45) is 3.50. The second-order valence-corrected chi connectivity index (χ2v) is 7.73. The number of nitrogens with two attached hydrogens (primary N) is 1. The Bertz CT molecular complexity index is 1220. The fraction of sp³-hybridized carbons (Fsp3) is 0.148. The summed E-state index contributed by atoms with van der Waals surface area (Å²) in [7, 11) is 0. The van der Waals surface area contributed by atoms with Crippen LogP contribution in [0.1, 0.15) is 34.3 Å². The van der Waals surface area contributed by atoms with E-state index in [1.165, 1.54) is 23.8 Å². The molecule has 0 saturated heterocycles. The summed E-state index contributed by atoms with van der Waals surface area (Å²) in [6.45, 7) is 0.564. The molecule has 0 spiro atoms. The zero-order chi connectivity index (χ0) is 25.2. The van der Waals surface area contributed by atoms with Crippen LogP contribution in [0.2, 0.25) is 0 Å². The third-order valence-corrected chi connectivity index (χ3v) is 5.16. The largest absolute Gasteiger partial charge is 0.507 e. The van der Waals surface area contributed by atoms with E-state index in [9.17, 15) is 24.6 Å². The Morgan fingerprint density at radius 1 is 0.914 bits per heavy atom. The molecule has 0 aliphatic rings. The first-order valence-corrected chi connectivity index (χ1v) is 11.0. The molecule has 35 heavy (non-hydrogen) atoms. The Hall–Kier alpha value is -4.59. The van der Waals surface area contributed by atoms with Gasteiger partial charge in [-0.15, -0.1) is 0 Å². The van der Waals surface area contributed by atoms with E-state index in [2.05, 4.69) is 17.4 Å². The maximum Gasteiger partial charge on any atom is 0.289 e. The first kappa shape index (κ1) is 25.0. The first-order valence-electron chi connectivity index (χ1n) is 11.0. The van der Waals surface area contributed by atoms with E-state index in [1.54, 1.807) is 24.3 Å². The monoisotopic (exact) mass is 474 g/mol.